The van der Waals surface area contributed by atoms with Crippen LogP contribution in [0.25, 0.3) is 5.57 Å². The van der Waals surface area contributed by atoms with Gasteiger partial charge in [-0.05, 0) is 23.3 Å². The van der Waals surface area contributed by atoms with Crippen molar-refractivity contribution in [3.63, 3.8) is 0 Å². The lowest BCUT2D eigenvalue weighted by atomic mass is 9.93. The fourth-order valence-electron chi connectivity index (χ4n) is 5.07. The predicted octanol–water partition coefficient (Wildman–Crippen LogP) is 1.11. The second-order valence-corrected chi connectivity index (χ2v) is 8.73. The highest BCUT2D eigenvalue weighted by molar-refractivity contribution is 6.23. The molecule has 1 aromatic heterocycles. The zero-order valence-electron chi connectivity index (χ0n) is 18.5. The number of furan rings is 1. The van der Waals surface area contributed by atoms with Crippen molar-refractivity contribution < 1.29 is 32.7 Å². The van der Waals surface area contributed by atoms with Crippen LogP contribution >= 0.6 is 0 Å². The van der Waals surface area contributed by atoms with Gasteiger partial charge in [0, 0.05) is 25.1 Å². The van der Waals surface area contributed by atoms with E-state index in [0.717, 1.165) is 5.57 Å². The summed E-state index contributed by atoms with van der Waals surface area (Å²) in [5.41, 5.74) is 0.302. The van der Waals surface area contributed by atoms with Gasteiger partial charge in [0.1, 0.15) is 11.5 Å². The Hall–Kier alpha value is -4.41. The molecule has 4 aliphatic rings. The van der Waals surface area contributed by atoms with Crippen molar-refractivity contribution in [1.29, 1.82) is 0 Å². The van der Waals surface area contributed by atoms with Gasteiger partial charge in [-0.2, -0.15) is 0 Å². The molecule has 35 heavy (non-hydrogen) atoms. The number of amides is 5. The van der Waals surface area contributed by atoms with Crippen LogP contribution in [-0.4, -0.2) is 48.9 Å². The third-order valence-corrected chi connectivity index (χ3v) is 6.75. The third kappa shape index (κ3) is 2.94. The van der Waals surface area contributed by atoms with Crippen LogP contribution in [-0.2, 0) is 28.1 Å². The van der Waals surface area contributed by atoms with Gasteiger partial charge in [-0.25, -0.2) is 9.18 Å². The Labute approximate surface area is 197 Å². The molecule has 5 amide bonds. The number of ether oxygens (including phenoxy) is 1. The van der Waals surface area contributed by atoms with Crippen molar-refractivity contribution in [1.82, 2.24) is 20.9 Å². The molecule has 3 N–H and O–H groups in total. The average Bonchev–Trinajstić information content (AvgIpc) is 3.53. The van der Waals surface area contributed by atoms with Crippen LogP contribution in [0.3, 0.4) is 0 Å². The fourth-order valence-corrected chi connectivity index (χ4v) is 5.07. The quantitative estimate of drug-likeness (QED) is 0.565. The lowest BCUT2D eigenvalue weighted by Crippen LogP contribution is -2.52. The second kappa shape index (κ2) is 7.29. The number of imide groups is 1. The Morgan fingerprint density at radius 2 is 2.06 bits per heavy atom. The Bertz CT molecular complexity index is 1420. The SMILES string of the molecule is COc1ccc2c(c1F)C(=O)N(C[C@@]1(c3cc4c(o3)CC=CC3=C4C(=O)NC3)NC(=O)NC1=O)C2. The first-order chi connectivity index (χ1) is 16.8. The van der Waals surface area contributed by atoms with Gasteiger partial charge in [0.2, 0.25) is 0 Å². The number of urea groups is 1. The first-order valence-electron chi connectivity index (χ1n) is 10.9. The van der Waals surface area contributed by atoms with Gasteiger partial charge in [0.25, 0.3) is 17.7 Å². The highest BCUT2D eigenvalue weighted by atomic mass is 19.1. The molecular formula is C24H19FN4O6. The van der Waals surface area contributed by atoms with Gasteiger partial charge in [0.15, 0.2) is 17.1 Å². The summed E-state index contributed by atoms with van der Waals surface area (Å²) in [5, 5.41) is 7.58. The maximum atomic E-state index is 14.8. The van der Waals surface area contributed by atoms with Crippen molar-refractivity contribution in [2.75, 3.05) is 20.2 Å². The Morgan fingerprint density at radius 1 is 1.23 bits per heavy atom. The van der Waals surface area contributed by atoms with Gasteiger partial charge < -0.3 is 24.7 Å². The Balaban J connectivity index is 1.41. The Kier molecular flexibility index (Phi) is 4.41. The molecule has 0 unspecified atom stereocenters. The van der Waals surface area contributed by atoms with Gasteiger partial charge >= 0.3 is 6.03 Å². The number of halogens is 1. The molecule has 1 aromatic carbocycles. The zero-order chi connectivity index (χ0) is 24.5. The first kappa shape index (κ1) is 21.1. The summed E-state index contributed by atoms with van der Waals surface area (Å²) < 4.78 is 25.9. The van der Waals surface area contributed by atoms with E-state index in [1.807, 2.05) is 12.2 Å². The van der Waals surface area contributed by atoms with Crippen LogP contribution in [0.1, 0.15) is 33.0 Å². The number of nitrogens with zero attached hydrogens (tertiary/aromatic N) is 1. The highest BCUT2D eigenvalue weighted by Gasteiger charge is 2.53. The molecule has 0 saturated carbocycles. The molecule has 1 aliphatic carbocycles. The molecule has 0 bridgehead atoms. The van der Waals surface area contributed by atoms with Crippen LogP contribution in [0.2, 0.25) is 0 Å². The van der Waals surface area contributed by atoms with Crippen molar-refractivity contribution in [3.8, 4) is 5.75 Å². The van der Waals surface area contributed by atoms with E-state index in [4.69, 9.17) is 9.15 Å². The number of carbonyl (C=O) groups excluding carboxylic acids is 4. The van der Waals surface area contributed by atoms with E-state index >= 15 is 0 Å². The topological polar surface area (TPSA) is 130 Å². The summed E-state index contributed by atoms with van der Waals surface area (Å²) in [6.07, 6.45) is 4.08. The number of carbonyl (C=O) groups is 4. The van der Waals surface area contributed by atoms with E-state index in [9.17, 15) is 23.6 Å². The van der Waals surface area contributed by atoms with E-state index < -0.39 is 29.2 Å². The number of hydrogen-bond acceptors (Lipinski definition) is 6. The lowest BCUT2D eigenvalue weighted by molar-refractivity contribution is -0.125. The summed E-state index contributed by atoms with van der Waals surface area (Å²) in [7, 11) is 1.30. The minimum atomic E-state index is -1.76. The Morgan fingerprint density at radius 3 is 2.80 bits per heavy atom. The molecule has 0 spiro atoms. The largest absolute Gasteiger partial charge is 0.494 e. The number of rotatable bonds is 4. The standard InChI is InChI=1S/C24H19FN4O6/c1-34-15-6-5-12-9-29(21(31)18(12)19(15)25)10-24(22(32)27-23(33)28-24)16-7-13-14(35-16)4-2-3-11-8-26-20(30)17(11)13/h2-3,5-7H,4,8-10H2,1H3,(H,26,30)(H2,27,28,32,33)/t24-/m0/s1. The molecule has 3 aliphatic heterocycles. The smallest absolute Gasteiger partial charge is 0.322 e. The number of allylic oxidation sites excluding steroid dienone is 1. The number of fused-ring (bicyclic) bond motifs is 3. The first-order valence-corrected chi connectivity index (χ1v) is 10.9. The van der Waals surface area contributed by atoms with E-state index in [0.29, 0.717) is 35.4 Å². The molecule has 1 atom stereocenters. The van der Waals surface area contributed by atoms with Crippen LogP contribution in [0.5, 0.6) is 5.75 Å². The van der Waals surface area contributed by atoms with Crippen LogP contribution in [0, 0.1) is 5.82 Å². The monoisotopic (exact) mass is 478 g/mol. The van der Waals surface area contributed by atoms with Crippen LogP contribution in [0.15, 0.2) is 40.3 Å². The van der Waals surface area contributed by atoms with Gasteiger partial charge in [-0.1, -0.05) is 18.2 Å². The second-order valence-electron chi connectivity index (χ2n) is 8.73. The fraction of sp³-hybridized carbons (Fsp3) is 0.250. The molecule has 1 fully saturated rings. The van der Waals surface area contributed by atoms with E-state index in [-0.39, 0.29) is 36.1 Å². The summed E-state index contributed by atoms with van der Waals surface area (Å²) in [5.74, 6) is -1.93. The molecule has 4 heterocycles. The number of methoxy groups -OCH3 is 1. The van der Waals surface area contributed by atoms with Gasteiger partial charge in [-0.15, -0.1) is 0 Å². The molecule has 11 heteroatoms. The predicted molar refractivity (Wildman–Crippen MR) is 118 cm³/mol. The van der Waals surface area contributed by atoms with E-state index in [1.165, 1.54) is 18.1 Å². The van der Waals surface area contributed by atoms with E-state index in [1.54, 1.807) is 12.1 Å². The van der Waals surface area contributed by atoms with Crippen LogP contribution in [0.4, 0.5) is 9.18 Å². The summed E-state index contributed by atoms with van der Waals surface area (Å²) >= 11 is 0. The molecule has 6 rings (SSSR count). The summed E-state index contributed by atoms with van der Waals surface area (Å²) in [4.78, 5) is 52.3. The van der Waals surface area contributed by atoms with Gasteiger partial charge in [-0.3, -0.25) is 19.7 Å². The summed E-state index contributed by atoms with van der Waals surface area (Å²) in [6.45, 7) is 0.101. The van der Waals surface area contributed by atoms with Gasteiger partial charge in [0.05, 0.1) is 24.8 Å². The summed E-state index contributed by atoms with van der Waals surface area (Å²) in [6, 6.07) is 3.82. The molecule has 10 nitrogen and oxygen atoms in total. The average molecular weight is 478 g/mol. The number of benzene rings is 1. The van der Waals surface area contributed by atoms with Crippen molar-refractivity contribution in [2.24, 2.45) is 0 Å². The lowest BCUT2D eigenvalue weighted by Gasteiger charge is -2.29. The van der Waals surface area contributed by atoms with E-state index in [2.05, 4.69) is 16.0 Å². The molecule has 178 valence electrons. The molecule has 2 aromatic rings. The van der Waals surface area contributed by atoms with Crippen molar-refractivity contribution >= 4 is 29.3 Å². The third-order valence-electron chi connectivity index (χ3n) is 6.75. The van der Waals surface area contributed by atoms with Crippen molar-refractivity contribution in [2.45, 2.75) is 18.5 Å². The zero-order valence-corrected chi connectivity index (χ0v) is 18.5. The highest BCUT2D eigenvalue weighted by Crippen LogP contribution is 2.39. The normalized spacial score (nSPS) is 22.5. The minimum Gasteiger partial charge on any atom is -0.494 e. The number of hydrogen-bond donors (Lipinski definition) is 3. The minimum absolute atomic E-state index is 0.0286. The molecular weight excluding hydrogens is 459 g/mol. The number of nitrogens with one attached hydrogen (secondary N) is 3. The van der Waals surface area contributed by atoms with Crippen molar-refractivity contribution in [3.05, 3.63) is 70.0 Å². The maximum absolute atomic E-state index is 14.8. The molecule has 0 radical (unpaired) electrons. The molecule has 1 saturated heterocycles. The van der Waals surface area contributed by atoms with Crippen LogP contribution < -0.4 is 20.7 Å². The maximum Gasteiger partial charge on any atom is 0.322 e.